The van der Waals surface area contributed by atoms with E-state index in [2.05, 4.69) is 4.98 Å². The van der Waals surface area contributed by atoms with Gasteiger partial charge in [-0.3, -0.25) is 9.69 Å². The van der Waals surface area contributed by atoms with Crippen LogP contribution in [0.1, 0.15) is 17.5 Å². The van der Waals surface area contributed by atoms with Crippen LogP contribution in [-0.2, 0) is 16.0 Å². The fourth-order valence-electron chi connectivity index (χ4n) is 1.36. The molecule has 4 nitrogen and oxygen atoms in total. The van der Waals surface area contributed by atoms with E-state index in [9.17, 15) is 4.79 Å². The molecule has 1 heterocycles. The Morgan fingerprint density at radius 3 is 2.94 bits per heavy atom. The van der Waals surface area contributed by atoms with Crippen LogP contribution in [0.5, 0.6) is 0 Å². The van der Waals surface area contributed by atoms with E-state index in [-0.39, 0.29) is 5.97 Å². The minimum absolute atomic E-state index is 0.161. The lowest BCUT2D eigenvalue weighted by atomic mass is 10.3. The van der Waals surface area contributed by atoms with Crippen LogP contribution in [0.3, 0.4) is 0 Å². The van der Waals surface area contributed by atoms with Crippen molar-refractivity contribution in [2.45, 2.75) is 20.3 Å². The Bertz CT molecular complexity index is 338. The molecule has 0 fully saturated rings. The van der Waals surface area contributed by atoms with Crippen molar-refractivity contribution in [3.63, 3.8) is 0 Å². The molecule has 0 aromatic carbocycles. The maximum absolute atomic E-state index is 11.2. The second-order valence-corrected chi connectivity index (χ2v) is 4.59. The van der Waals surface area contributed by atoms with Crippen molar-refractivity contribution in [3.8, 4) is 0 Å². The molecule has 5 heteroatoms. The molecule has 0 saturated heterocycles. The molecule has 0 bridgehead atoms. The van der Waals surface area contributed by atoms with Crippen molar-refractivity contribution in [1.82, 2.24) is 9.88 Å². The largest absolute Gasteiger partial charge is 0.465 e. The first kappa shape index (κ1) is 13.1. The predicted molar refractivity (Wildman–Crippen MR) is 64.7 cm³/mol. The monoisotopic (exact) mass is 242 g/mol. The van der Waals surface area contributed by atoms with E-state index in [1.54, 1.807) is 11.3 Å². The molecule has 1 rings (SSSR count). The maximum atomic E-state index is 11.2. The second-order valence-electron chi connectivity index (χ2n) is 3.65. The topological polar surface area (TPSA) is 42.4 Å². The summed E-state index contributed by atoms with van der Waals surface area (Å²) in [6, 6.07) is 0. The van der Waals surface area contributed by atoms with Crippen molar-refractivity contribution < 1.29 is 9.53 Å². The molecule has 0 N–H and O–H groups in total. The van der Waals surface area contributed by atoms with Crippen LogP contribution >= 0.6 is 11.3 Å². The minimum atomic E-state index is -0.161. The number of likely N-dealkylation sites (N-methyl/N-ethyl adjacent to an activating group) is 1. The smallest absolute Gasteiger partial charge is 0.320 e. The zero-order valence-electron chi connectivity index (χ0n) is 10.0. The number of carbonyl (C=O) groups is 1. The Labute approximate surface area is 100 Å². The molecule has 0 aliphatic carbocycles. The third-order valence-corrected chi connectivity index (χ3v) is 3.26. The highest BCUT2D eigenvalue weighted by atomic mass is 32.1. The molecular formula is C11H18N2O2S. The molecule has 16 heavy (non-hydrogen) atoms. The average molecular weight is 242 g/mol. The SMILES string of the molecule is CCOC(=O)CN(C)CCc1scnc1C. The summed E-state index contributed by atoms with van der Waals surface area (Å²) in [4.78, 5) is 18.7. The molecule has 0 amide bonds. The molecule has 0 unspecified atom stereocenters. The van der Waals surface area contributed by atoms with Gasteiger partial charge in [-0.05, 0) is 27.3 Å². The Morgan fingerprint density at radius 2 is 2.38 bits per heavy atom. The van der Waals surface area contributed by atoms with E-state index in [1.165, 1.54) is 4.88 Å². The number of hydrogen-bond acceptors (Lipinski definition) is 5. The van der Waals surface area contributed by atoms with Gasteiger partial charge in [0.1, 0.15) is 0 Å². The van der Waals surface area contributed by atoms with Gasteiger partial charge in [0.25, 0.3) is 0 Å². The summed E-state index contributed by atoms with van der Waals surface area (Å²) in [5.74, 6) is -0.161. The number of aromatic nitrogens is 1. The number of hydrogen-bond donors (Lipinski definition) is 0. The second kappa shape index (κ2) is 6.60. The van der Waals surface area contributed by atoms with E-state index in [4.69, 9.17) is 4.74 Å². The van der Waals surface area contributed by atoms with Gasteiger partial charge in [-0.15, -0.1) is 11.3 Å². The van der Waals surface area contributed by atoms with Gasteiger partial charge in [0.05, 0.1) is 24.4 Å². The van der Waals surface area contributed by atoms with E-state index >= 15 is 0 Å². The first-order chi connectivity index (χ1) is 7.63. The van der Waals surface area contributed by atoms with Crippen molar-refractivity contribution >= 4 is 17.3 Å². The zero-order chi connectivity index (χ0) is 12.0. The van der Waals surface area contributed by atoms with E-state index in [1.807, 2.05) is 31.3 Å². The van der Waals surface area contributed by atoms with Gasteiger partial charge in [-0.1, -0.05) is 0 Å². The summed E-state index contributed by atoms with van der Waals surface area (Å²) in [7, 11) is 1.92. The molecule has 0 atom stereocenters. The van der Waals surface area contributed by atoms with Crippen LogP contribution in [0.15, 0.2) is 5.51 Å². The van der Waals surface area contributed by atoms with E-state index in [0.717, 1.165) is 18.7 Å². The highest BCUT2D eigenvalue weighted by Gasteiger charge is 2.08. The highest BCUT2D eigenvalue weighted by Crippen LogP contribution is 2.12. The van der Waals surface area contributed by atoms with Crippen LogP contribution in [-0.4, -0.2) is 42.6 Å². The summed E-state index contributed by atoms with van der Waals surface area (Å²) in [5.41, 5.74) is 2.95. The molecule has 0 aliphatic rings. The van der Waals surface area contributed by atoms with Gasteiger partial charge >= 0.3 is 5.97 Å². The fraction of sp³-hybridized carbons (Fsp3) is 0.636. The molecule has 0 radical (unpaired) electrons. The summed E-state index contributed by atoms with van der Waals surface area (Å²) < 4.78 is 4.88. The van der Waals surface area contributed by atoms with Crippen LogP contribution in [0.25, 0.3) is 0 Å². The number of thiazole rings is 1. The fourth-order valence-corrected chi connectivity index (χ4v) is 2.14. The van der Waals surface area contributed by atoms with Crippen molar-refractivity contribution in [3.05, 3.63) is 16.1 Å². The van der Waals surface area contributed by atoms with Gasteiger partial charge in [0.15, 0.2) is 0 Å². The van der Waals surface area contributed by atoms with Crippen molar-refractivity contribution in [2.75, 3.05) is 26.7 Å². The Hall–Kier alpha value is -0.940. The summed E-state index contributed by atoms with van der Waals surface area (Å²) in [5, 5.41) is 0. The number of aryl methyl sites for hydroxylation is 1. The van der Waals surface area contributed by atoms with Gasteiger partial charge in [0.2, 0.25) is 0 Å². The zero-order valence-corrected chi connectivity index (χ0v) is 10.8. The maximum Gasteiger partial charge on any atom is 0.320 e. The van der Waals surface area contributed by atoms with Crippen molar-refractivity contribution in [1.29, 1.82) is 0 Å². The Balaban J connectivity index is 2.27. The summed E-state index contributed by atoms with van der Waals surface area (Å²) in [6.07, 6.45) is 0.937. The Morgan fingerprint density at radius 1 is 1.62 bits per heavy atom. The number of rotatable bonds is 6. The molecule has 0 spiro atoms. The first-order valence-corrected chi connectivity index (χ1v) is 6.24. The van der Waals surface area contributed by atoms with Crippen LogP contribution in [0, 0.1) is 6.92 Å². The van der Waals surface area contributed by atoms with Gasteiger partial charge in [-0.25, -0.2) is 4.98 Å². The number of esters is 1. The van der Waals surface area contributed by atoms with Crippen molar-refractivity contribution in [2.24, 2.45) is 0 Å². The average Bonchev–Trinajstić information content (AvgIpc) is 2.61. The molecular weight excluding hydrogens is 224 g/mol. The third kappa shape index (κ3) is 4.28. The first-order valence-electron chi connectivity index (χ1n) is 5.36. The normalized spacial score (nSPS) is 10.8. The van der Waals surface area contributed by atoms with Crippen LogP contribution < -0.4 is 0 Å². The molecule has 1 aromatic rings. The highest BCUT2D eigenvalue weighted by molar-refractivity contribution is 7.09. The molecule has 1 aromatic heterocycles. The summed E-state index contributed by atoms with van der Waals surface area (Å²) in [6.45, 7) is 5.48. The van der Waals surface area contributed by atoms with Gasteiger partial charge in [0, 0.05) is 11.4 Å². The van der Waals surface area contributed by atoms with Gasteiger partial charge < -0.3 is 4.74 Å². The number of nitrogens with zero attached hydrogens (tertiary/aromatic N) is 2. The third-order valence-electron chi connectivity index (χ3n) is 2.27. The predicted octanol–water partition coefficient (Wildman–Crippen LogP) is 1.49. The summed E-state index contributed by atoms with van der Waals surface area (Å²) >= 11 is 1.67. The molecule has 90 valence electrons. The molecule has 0 aliphatic heterocycles. The minimum Gasteiger partial charge on any atom is -0.465 e. The standard InChI is InChI=1S/C11H18N2O2S/c1-4-15-11(14)7-13(3)6-5-10-9(2)12-8-16-10/h8H,4-7H2,1-3H3. The van der Waals surface area contributed by atoms with Crippen LogP contribution in [0.4, 0.5) is 0 Å². The number of ether oxygens (including phenoxy) is 1. The van der Waals surface area contributed by atoms with E-state index < -0.39 is 0 Å². The van der Waals surface area contributed by atoms with Crippen LogP contribution in [0.2, 0.25) is 0 Å². The number of carbonyl (C=O) groups excluding carboxylic acids is 1. The Kier molecular flexibility index (Phi) is 5.42. The van der Waals surface area contributed by atoms with E-state index in [0.29, 0.717) is 13.2 Å². The lowest BCUT2D eigenvalue weighted by Gasteiger charge is -2.14. The molecule has 0 saturated carbocycles. The van der Waals surface area contributed by atoms with Gasteiger partial charge in [-0.2, -0.15) is 0 Å². The lowest BCUT2D eigenvalue weighted by molar-refractivity contribution is -0.144. The quantitative estimate of drug-likeness (QED) is 0.709. The lowest BCUT2D eigenvalue weighted by Crippen LogP contribution is -2.29.